The smallest absolute Gasteiger partial charge is 0.352 e. The molecule has 0 saturated carbocycles. The number of carbonyl (C=O) groups excluding carboxylic acids is 1. The van der Waals surface area contributed by atoms with E-state index in [-0.39, 0.29) is 5.91 Å². The quantitative estimate of drug-likeness (QED) is 0.507. The van der Waals surface area contributed by atoms with Crippen molar-refractivity contribution in [3.63, 3.8) is 0 Å². The highest BCUT2D eigenvalue weighted by atomic mass is 31.2. The van der Waals surface area contributed by atoms with Gasteiger partial charge in [-0.2, -0.15) is 0 Å². The lowest BCUT2D eigenvalue weighted by atomic mass is 10.1. The summed E-state index contributed by atoms with van der Waals surface area (Å²) in [5, 5.41) is 7.47. The van der Waals surface area contributed by atoms with Crippen molar-refractivity contribution in [3.8, 4) is 0 Å². The molecule has 0 heterocycles. The van der Waals surface area contributed by atoms with E-state index < -0.39 is 13.4 Å². The van der Waals surface area contributed by atoms with E-state index in [9.17, 15) is 19.1 Å². The molecule has 4 N–H and O–H groups in total. The molecule has 3 aromatic rings. The third-order valence-corrected chi connectivity index (χ3v) is 5.06. The highest BCUT2D eigenvalue weighted by Crippen LogP contribution is 2.52. The predicted octanol–water partition coefficient (Wildman–Crippen LogP) is 4.09. The summed E-state index contributed by atoms with van der Waals surface area (Å²) in [5.74, 6) is -1.40. The Morgan fingerprint density at radius 1 is 0.962 bits per heavy atom. The van der Waals surface area contributed by atoms with Gasteiger partial charge >= 0.3 is 7.60 Å². The van der Waals surface area contributed by atoms with E-state index in [0.717, 1.165) is 10.8 Å². The largest absolute Gasteiger partial charge is 0.367 e. The van der Waals surface area contributed by atoms with Crippen LogP contribution in [0.15, 0.2) is 66.7 Å². The summed E-state index contributed by atoms with van der Waals surface area (Å²) >= 11 is 0. The number of rotatable bonds is 5. The maximum atomic E-state index is 12.1. The summed E-state index contributed by atoms with van der Waals surface area (Å²) in [5.41, 5.74) is 1.64. The van der Waals surface area contributed by atoms with E-state index in [0.29, 0.717) is 16.9 Å². The van der Waals surface area contributed by atoms with Gasteiger partial charge in [-0.3, -0.25) is 9.36 Å². The van der Waals surface area contributed by atoms with Gasteiger partial charge in [-0.05, 0) is 29.1 Å². The average Bonchev–Trinajstić information content (AvgIpc) is 2.59. The Morgan fingerprint density at radius 2 is 1.62 bits per heavy atom. The third-order valence-electron chi connectivity index (χ3n) is 3.96. The third kappa shape index (κ3) is 4.11. The van der Waals surface area contributed by atoms with Gasteiger partial charge in [0.25, 0.3) is 0 Å². The zero-order valence-corrected chi connectivity index (χ0v) is 15.0. The van der Waals surface area contributed by atoms with Crippen LogP contribution in [0.4, 0.5) is 11.4 Å². The SMILES string of the molecule is CC(=O)Nc1ccc(C(Nc2cccc3ccccc23)P(=O)(O)O)cc1. The molecule has 0 fully saturated rings. The number of anilines is 2. The minimum atomic E-state index is -4.48. The molecule has 6 nitrogen and oxygen atoms in total. The lowest BCUT2D eigenvalue weighted by Gasteiger charge is -2.22. The van der Waals surface area contributed by atoms with Crippen LogP contribution in [0.3, 0.4) is 0 Å². The molecule has 26 heavy (non-hydrogen) atoms. The van der Waals surface area contributed by atoms with Gasteiger partial charge in [0.15, 0.2) is 5.78 Å². The number of nitrogens with one attached hydrogen (secondary N) is 2. The first-order valence-corrected chi connectivity index (χ1v) is 9.70. The van der Waals surface area contributed by atoms with Gasteiger partial charge in [0.1, 0.15) is 0 Å². The lowest BCUT2D eigenvalue weighted by molar-refractivity contribution is -0.114. The van der Waals surface area contributed by atoms with Gasteiger partial charge in [-0.1, -0.05) is 48.5 Å². The number of hydrogen-bond donors (Lipinski definition) is 4. The van der Waals surface area contributed by atoms with Crippen molar-refractivity contribution in [1.82, 2.24) is 0 Å². The molecule has 0 aliphatic heterocycles. The van der Waals surface area contributed by atoms with Gasteiger partial charge in [-0.25, -0.2) is 0 Å². The lowest BCUT2D eigenvalue weighted by Crippen LogP contribution is -2.12. The molecule has 0 saturated heterocycles. The summed E-state index contributed by atoms with van der Waals surface area (Å²) < 4.78 is 12.1. The van der Waals surface area contributed by atoms with Crippen molar-refractivity contribution in [1.29, 1.82) is 0 Å². The number of carbonyl (C=O) groups is 1. The van der Waals surface area contributed by atoms with Crippen LogP contribution in [-0.4, -0.2) is 15.7 Å². The van der Waals surface area contributed by atoms with Crippen LogP contribution in [-0.2, 0) is 9.36 Å². The molecule has 1 unspecified atom stereocenters. The number of hydrogen-bond acceptors (Lipinski definition) is 3. The van der Waals surface area contributed by atoms with E-state index in [1.807, 2.05) is 36.4 Å². The molecule has 134 valence electrons. The van der Waals surface area contributed by atoms with E-state index in [1.54, 1.807) is 30.3 Å². The van der Waals surface area contributed by atoms with Crippen molar-refractivity contribution >= 4 is 35.7 Å². The maximum Gasteiger partial charge on any atom is 0.352 e. The van der Waals surface area contributed by atoms with Crippen molar-refractivity contribution in [2.24, 2.45) is 0 Å². The zero-order chi connectivity index (χ0) is 18.7. The Morgan fingerprint density at radius 3 is 2.27 bits per heavy atom. The molecule has 1 atom stereocenters. The van der Waals surface area contributed by atoms with Crippen molar-refractivity contribution in [3.05, 3.63) is 72.3 Å². The van der Waals surface area contributed by atoms with Crippen LogP contribution < -0.4 is 10.6 Å². The van der Waals surface area contributed by atoms with Crippen LogP contribution in [0.5, 0.6) is 0 Å². The second kappa shape index (κ2) is 7.30. The Bertz CT molecular complexity index is 977. The number of amides is 1. The molecular weight excluding hydrogens is 351 g/mol. The van der Waals surface area contributed by atoms with E-state index in [2.05, 4.69) is 10.6 Å². The first kappa shape index (κ1) is 18.1. The van der Waals surface area contributed by atoms with Gasteiger partial charge in [0.2, 0.25) is 5.91 Å². The molecular formula is C19H19N2O4P. The normalized spacial score (nSPS) is 12.6. The van der Waals surface area contributed by atoms with Crippen LogP contribution in [0.2, 0.25) is 0 Å². The summed E-state index contributed by atoms with van der Waals surface area (Å²) in [4.78, 5) is 30.8. The van der Waals surface area contributed by atoms with Gasteiger partial charge in [0, 0.05) is 23.7 Å². The monoisotopic (exact) mass is 370 g/mol. The van der Waals surface area contributed by atoms with Crippen molar-refractivity contribution in [2.45, 2.75) is 12.7 Å². The van der Waals surface area contributed by atoms with Crippen molar-refractivity contribution < 1.29 is 19.1 Å². The van der Waals surface area contributed by atoms with Gasteiger partial charge in [0.05, 0.1) is 0 Å². The van der Waals surface area contributed by atoms with Crippen molar-refractivity contribution in [2.75, 3.05) is 10.6 Å². The number of fused-ring (bicyclic) bond motifs is 1. The zero-order valence-electron chi connectivity index (χ0n) is 14.1. The first-order valence-electron chi connectivity index (χ1n) is 8.01. The topological polar surface area (TPSA) is 98.7 Å². The molecule has 3 aromatic carbocycles. The summed E-state index contributed by atoms with van der Waals surface area (Å²) in [6, 6.07) is 19.6. The fraction of sp³-hybridized carbons (Fsp3) is 0.105. The Hall–Kier alpha value is -2.66. The molecule has 0 aromatic heterocycles. The maximum absolute atomic E-state index is 12.1. The fourth-order valence-corrected chi connectivity index (χ4v) is 3.68. The van der Waals surface area contributed by atoms with Gasteiger partial charge < -0.3 is 20.4 Å². The Kier molecular flexibility index (Phi) is 5.09. The summed E-state index contributed by atoms with van der Waals surface area (Å²) in [6.07, 6.45) is 0. The molecule has 0 aliphatic carbocycles. The van der Waals surface area contributed by atoms with Crippen LogP contribution >= 0.6 is 7.60 Å². The average molecular weight is 370 g/mol. The minimum absolute atomic E-state index is 0.210. The Labute approximate surface area is 151 Å². The standard InChI is InChI=1S/C19H19N2O4P/c1-13(22)20-16-11-9-15(10-12-16)19(26(23,24)25)21-18-8-4-6-14-5-2-3-7-17(14)18/h2-12,19,21H,1H3,(H,20,22)(H2,23,24,25). The first-order chi connectivity index (χ1) is 12.3. The molecule has 7 heteroatoms. The summed E-state index contributed by atoms with van der Waals surface area (Å²) in [6.45, 7) is 1.40. The van der Waals surface area contributed by atoms with E-state index >= 15 is 0 Å². The molecule has 0 spiro atoms. The highest BCUT2D eigenvalue weighted by molar-refractivity contribution is 7.52. The highest BCUT2D eigenvalue weighted by Gasteiger charge is 2.30. The number of benzene rings is 3. The predicted molar refractivity (Wildman–Crippen MR) is 103 cm³/mol. The van der Waals surface area contributed by atoms with Crippen LogP contribution in [0.25, 0.3) is 10.8 Å². The molecule has 0 aliphatic rings. The summed E-state index contributed by atoms with van der Waals surface area (Å²) in [7, 11) is -4.48. The van der Waals surface area contributed by atoms with E-state index in [4.69, 9.17) is 0 Å². The molecule has 3 rings (SSSR count). The fourth-order valence-electron chi connectivity index (χ4n) is 2.81. The van der Waals surface area contributed by atoms with Crippen LogP contribution in [0, 0.1) is 0 Å². The molecule has 0 radical (unpaired) electrons. The minimum Gasteiger partial charge on any atom is -0.367 e. The van der Waals surface area contributed by atoms with E-state index in [1.165, 1.54) is 6.92 Å². The van der Waals surface area contributed by atoms with Crippen LogP contribution in [0.1, 0.15) is 18.3 Å². The Balaban J connectivity index is 1.96. The van der Waals surface area contributed by atoms with Gasteiger partial charge in [-0.15, -0.1) is 0 Å². The second-order valence-electron chi connectivity index (χ2n) is 5.97. The molecule has 0 bridgehead atoms. The second-order valence-corrected chi connectivity index (χ2v) is 7.66. The molecule has 1 amide bonds.